The molecule has 0 saturated carbocycles. The Morgan fingerprint density at radius 2 is 2.14 bits per heavy atom. The Hall–Kier alpha value is -1.95. The van der Waals surface area contributed by atoms with Gasteiger partial charge in [-0.25, -0.2) is 0 Å². The van der Waals surface area contributed by atoms with E-state index in [-0.39, 0.29) is 6.61 Å². The zero-order valence-corrected chi connectivity index (χ0v) is 17.0. The third kappa shape index (κ3) is 6.59. The van der Waals surface area contributed by atoms with Gasteiger partial charge in [-0.2, -0.15) is 0 Å². The number of hydrogen-bond acceptors (Lipinski definition) is 5. The quantitative estimate of drug-likeness (QED) is 0.292. The number of carbonyl (C=O) groups is 1. The molecule has 0 spiro atoms. The predicted molar refractivity (Wildman–Crippen MR) is 114 cm³/mol. The lowest BCUT2D eigenvalue weighted by molar-refractivity contribution is -0.105. The average Bonchev–Trinajstić information content (AvgIpc) is 3.14. The van der Waals surface area contributed by atoms with E-state index < -0.39 is 0 Å². The number of carbonyl (C=O) groups excluding carboxylic acids is 1. The lowest BCUT2D eigenvalue weighted by atomic mass is 9.94. The molecule has 0 saturated heterocycles. The summed E-state index contributed by atoms with van der Waals surface area (Å²) < 4.78 is 5.70. The van der Waals surface area contributed by atoms with Crippen molar-refractivity contribution in [2.24, 2.45) is 5.92 Å². The second-order valence-electron chi connectivity index (χ2n) is 7.15. The second-order valence-corrected chi connectivity index (χ2v) is 7.15. The summed E-state index contributed by atoms with van der Waals surface area (Å²) in [6, 6.07) is 8.47. The predicted octanol–water partition coefficient (Wildman–Crippen LogP) is 3.35. The fourth-order valence-corrected chi connectivity index (χ4v) is 3.68. The number of aldehydes is 1. The summed E-state index contributed by atoms with van der Waals surface area (Å²) in [5.74, 6) is 0.323. The van der Waals surface area contributed by atoms with Gasteiger partial charge >= 0.3 is 0 Å². The Balaban J connectivity index is 1.88. The van der Waals surface area contributed by atoms with Crippen molar-refractivity contribution >= 4 is 12.4 Å². The number of aliphatic hydroxyl groups excluding tert-OH is 1. The number of nitrogens with one attached hydrogen (secondary N) is 1. The molecule has 0 bridgehead atoms. The van der Waals surface area contributed by atoms with E-state index in [1.54, 1.807) is 0 Å². The highest BCUT2D eigenvalue weighted by molar-refractivity contribution is 5.76. The van der Waals surface area contributed by atoms with Crippen LogP contribution in [0.2, 0.25) is 0 Å². The standard InChI is InChI=1S/C23H34N2O3/c1-3-19-6-8-20(9-7-19)10-11-21-12-13-23(22(21)16-27)25(4-2)18-28-17-24-14-5-15-26/h3,6-9,16,21,24,26H,1,4-5,10-15,17-18H2,2H3. The van der Waals surface area contributed by atoms with Gasteiger partial charge in [0.2, 0.25) is 0 Å². The molecular formula is C23H34N2O3. The van der Waals surface area contributed by atoms with Crippen LogP contribution in [-0.2, 0) is 16.0 Å². The summed E-state index contributed by atoms with van der Waals surface area (Å²) in [4.78, 5) is 14.0. The van der Waals surface area contributed by atoms with Crippen LogP contribution in [0.25, 0.3) is 6.08 Å². The van der Waals surface area contributed by atoms with Crippen LogP contribution in [0, 0.1) is 5.92 Å². The van der Waals surface area contributed by atoms with Crippen molar-refractivity contribution in [2.45, 2.75) is 39.0 Å². The van der Waals surface area contributed by atoms with Gasteiger partial charge in [-0.15, -0.1) is 0 Å². The van der Waals surface area contributed by atoms with Gasteiger partial charge in [0.25, 0.3) is 0 Å². The molecule has 0 heterocycles. The first kappa shape index (κ1) is 22.3. The van der Waals surface area contributed by atoms with Gasteiger partial charge in [0.05, 0.1) is 6.73 Å². The molecular weight excluding hydrogens is 352 g/mol. The maximum Gasteiger partial charge on any atom is 0.148 e. The van der Waals surface area contributed by atoms with Crippen LogP contribution in [0.4, 0.5) is 0 Å². The number of benzene rings is 1. The fourth-order valence-electron chi connectivity index (χ4n) is 3.68. The van der Waals surface area contributed by atoms with Crippen molar-refractivity contribution in [2.75, 3.05) is 33.2 Å². The summed E-state index contributed by atoms with van der Waals surface area (Å²) in [7, 11) is 0. The van der Waals surface area contributed by atoms with E-state index in [0.717, 1.165) is 68.3 Å². The smallest absolute Gasteiger partial charge is 0.148 e. The molecule has 0 aromatic heterocycles. The Labute approximate surface area is 169 Å². The average molecular weight is 387 g/mol. The molecule has 0 amide bonds. The molecule has 0 fully saturated rings. The molecule has 1 aliphatic carbocycles. The number of aryl methyl sites for hydroxylation is 1. The molecule has 1 atom stereocenters. The Kier molecular flexibility index (Phi) is 9.97. The molecule has 2 rings (SSSR count). The zero-order chi connectivity index (χ0) is 20.2. The van der Waals surface area contributed by atoms with E-state index >= 15 is 0 Å². The zero-order valence-electron chi connectivity index (χ0n) is 17.0. The van der Waals surface area contributed by atoms with Gasteiger partial charge in [0.1, 0.15) is 13.0 Å². The fraction of sp³-hybridized carbons (Fsp3) is 0.522. The van der Waals surface area contributed by atoms with Crippen LogP contribution in [-0.4, -0.2) is 49.5 Å². The number of hydrogen-bond donors (Lipinski definition) is 2. The normalized spacial score (nSPS) is 16.4. The topological polar surface area (TPSA) is 61.8 Å². The number of rotatable bonds is 14. The molecule has 28 heavy (non-hydrogen) atoms. The van der Waals surface area contributed by atoms with E-state index in [1.807, 2.05) is 6.08 Å². The molecule has 5 heteroatoms. The van der Waals surface area contributed by atoms with Crippen molar-refractivity contribution in [1.82, 2.24) is 10.2 Å². The van der Waals surface area contributed by atoms with Crippen molar-refractivity contribution in [3.63, 3.8) is 0 Å². The van der Waals surface area contributed by atoms with Crippen molar-refractivity contribution < 1.29 is 14.6 Å². The third-order valence-corrected chi connectivity index (χ3v) is 5.35. The Morgan fingerprint density at radius 1 is 1.36 bits per heavy atom. The Morgan fingerprint density at radius 3 is 2.79 bits per heavy atom. The molecule has 1 unspecified atom stereocenters. The van der Waals surface area contributed by atoms with Crippen molar-refractivity contribution in [3.8, 4) is 0 Å². The van der Waals surface area contributed by atoms with Crippen LogP contribution < -0.4 is 5.32 Å². The number of aliphatic hydroxyl groups is 1. The van der Waals surface area contributed by atoms with E-state index in [9.17, 15) is 4.79 Å². The molecule has 154 valence electrons. The number of allylic oxidation sites excluding steroid dienone is 2. The van der Waals surface area contributed by atoms with Gasteiger partial charge < -0.3 is 14.7 Å². The third-order valence-electron chi connectivity index (χ3n) is 5.35. The van der Waals surface area contributed by atoms with E-state index in [1.165, 1.54) is 5.56 Å². The highest BCUT2D eigenvalue weighted by Crippen LogP contribution is 2.35. The summed E-state index contributed by atoms with van der Waals surface area (Å²) in [6.07, 6.45) is 7.55. The van der Waals surface area contributed by atoms with Gasteiger partial charge in [-0.3, -0.25) is 10.1 Å². The van der Waals surface area contributed by atoms with E-state index in [0.29, 0.717) is 19.4 Å². The lowest BCUT2D eigenvalue weighted by Crippen LogP contribution is -2.29. The molecule has 1 aromatic rings. The summed E-state index contributed by atoms with van der Waals surface area (Å²) in [5, 5.41) is 11.9. The molecule has 1 aromatic carbocycles. The minimum absolute atomic E-state index is 0.184. The summed E-state index contributed by atoms with van der Waals surface area (Å²) in [6.45, 7) is 8.54. The highest BCUT2D eigenvalue weighted by atomic mass is 16.5. The first-order valence-corrected chi connectivity index (χ1v) is 10.3. The molecule has 1 aliphatic rings. The van der Waals surface area contributed by atoms with Gasteiger partial charge in [0, 0.05) is 24.4 Å². The van der Waals surface area contributed by atoms with Crippen LogP contribution in [0.3, 0.4) is 0 Å². The van der Waals surface area contributed by atoms with E-state index in [4.69, 9.17) is 9.84 Å². The largest absolute Gasteiger partial charge is 0.396 e. The van der Waals surface area contributed by atoms with E-state index in [2.05, 4.69) is 48.0 Å². The summed E-state index contributed by atoms with van der Waals surface area (Å²) in [5.41, 5.74) is 4.51. The van der Waals surface area contributed by atoms with Crippen LogP contribution in [0.5, 0.6) is 0 Å². The molecule has 0 radical (unpaired) electrons. The minimum atomic E-state index is 0.184. The van der Waals surface area contributed by atoms with Crippen LogP contribution >= 0.6 is 0 Å². The molecule has 0 aliphatic heterocycles. The van der Waals surface area contributed by atoms with Gasteiger partial charge in [0.15, 0.2) is 0 Å². The first-order valence-electron chi connectivity index (χ1n) is 10.3. The van der Waals surface area contributed by atoms with Gasteiger partial charge in [-0.05, 0) is 62.6 Å². The maximum absolute atomic E-state index is 11.8. The highest BCUT2D eigenvalue weighted by Gasteiger charge is 2.27. The molecule has 2 N–H and O–H groups in total. The monoisotopic (exact) mass is 386 g/mol. The SMILES string of the molecule is C=Cc1ccc(CCC2CCC(N(CC)COCNCCCO)=C2C=O)cc1. The first-order chi connectivity index (χ1) is 13.7. The second kappa shape index (κ2) is 12.5. The minimum Gasteiger partial charge on any atom is -0.396 e. The Bertz CT molecular complexity index is 640. The van der Waals surface area contributed by atoms with Crippen molar-refractivity contribution in [1.29, 1.82) is 0 Å². The summed E-state index contributed by atoms with van der Waals surface area (Å²) >= 11 is 0. The van der Waals surface area contributed by atoms with Crippen molar-refractivity contribution in [3.05, 3.63) is 53.2 Å². The molecule has 5 nitrogen and oxygen atoms in total. The van der Waals surface area contributed by atoms with Gasteiger partial charge in [-0.1, -0.05) is 36.9 Å². The number of ether oxygens (including phenoxy) is 1. The van der Waals surface area contributed by atoms with Crippen LogP contribution in [0.1, 0.15) is 43.7 Å². The van der Waals surface area contributed by atoms with Crippen LogP contribution in [0.15, 0.2) is 42.1 Å². The lowest BCUT2D eigenvalue weighted by Gasteiger charge is -2.25. The number of nitrogens with zero attached hydrogens (tertiary/aromatic N) is 1. The maximum atomic E-state index is 11.8.